The highest BCUT2D eigenvalue weighted by Gasteiger charge is 2.11. The molecular formula is C15H15N3O2. The van der Waals surface area contributed by atoms with Crippen LogP contribution in [0.2, 0.25) is 0 Å². The molecule has 2 heterocycles. The molecule has 5 heteroatoms. The number of nitrogens with zero attached hydrogens (tertiary/aromatic N) is 3. The van der Waals surface area contributed by atoms with Crippen molar-refractivity contribution in [2.45, 2.75) is 13.2 Å². The van der Waals surface area contributed by atoms with Gasteiger partial charge < -0.3 is 5.11 Å². The van der Waals surface area contributed by atoms with Crippen LogP contribution >= 0.6 is 0 Å². The Balaban J connectivity index is 2.06. The van der Waals surface area contributed by atoms with E-state index in [2.05, 4.69) is 4.98 Å². The lowest BCUT2D eigenvalue weighted by Crippen LogP contribution is -2.22. The molecule has 0 radical (unpaired) electrons. The molecule has 0 bridgehead atoms. The fourth-order valence-electron chi connectivity index (χ4n) is 2.32. The molecule has 5 nitrogen and oxygen atoms in total. The van der Waals surface area contributed by atoms with E-state index in [1.165, 1.54) is 0 Å². The summed E-state index contributed by atoms with van der Waals surface area (Å²) in [5.41, 5.74) is 3.31. The van der Waals surface area contributed by atoms with E-state index in [4.69, 9.17) is 5.11 Å². The quantitative estimate of drug-likeness (QED) is 0.779. The molecule has 0 spiro atoms. The highest BCUT2D eigenvalue weighted by atomic mass is 16.3. The second-order valence-corrected chi connectivity index (χ2v) is 4.75. The summed E-state index contributed by atoms with van der Waals surface area (Å²) in [7, 11) is 1.73. The van der Waals surface area contributed by atoms with Gasteiger partial charge in [0.15, 0.2) is 5.65 Å². The predicted molar refractivity (Wildman–Crippen MR) is 76.4 cm³/mol. The van der Waals surface area contributed by atoms with Gasteiger partial charge in [-0.25, -0.2) is 9.78 Å². The zero-order valence-electron chi connectivity index (χ0n) is 11.2. The van der Waals surface area contributed by atoms with E-state index in [-0.39, 0.29) is 12.3 Å². The maximum Gasteiger partial charge on any atom is 0.330 e. The molecule has 0 aliphatic heterocycles. The first kappa shape index (κ1) is 12.6. The summed E-state index contributed by atoms with van der Waals surface area (Å²) in [6.45, 7) is 0.520. The highest BCUT2D eigenvalue weighted by molar-refractivity contribution is 5.71. The molecule has 0 saturated heterocycles. The molecule has 0 amide bonds. The number of rotatable bonds is 3. The lowest BCUT2D eigenvalue weighted by atomic mass is 10.1. The maximum absolute atomic E-state index is 12.3. The van der Waals surface area contributed by atoms with Crippen LogP contribution in [-0.2, 0) is 20.2 Å². The van der Waals surface area contributed by atoms with Crippen LogP contribution in [-0.4, -0.2) is 19.2 Å². The summed E-state index contributed by atoms with van der Waals surface area (Å²) in [6.07, 6.45) is 1.68. The normalized spacial score (nSPS) is 11.1. The van der Waals surface area contributed by atoms with Gasteiger partial charge >= 0.3 is 5.69 Å². The molecule has 1 aromatic carbocycles. The average molecular weight is 269 g/mol. The molecule has 3 rings (SSSR count). The molecule has 0 aliphatic carbocycles. The van der Waals surface area contributed by atoms with Gasteiger partial charge in [-0.2, -0.15) is 0 Å². The number of hydrogen-bond donors (Lipinski definition) is 1. The van der Waals surface area contributed by atoms with Crippen molar-refractivity contribution in [1.82, 2.24) is 14.1 Å². The predicted octanol–water partition coefficient (Wildman–Crippen LogP) is 1.28. The molecule has 102 valence electrons. The Morgan fingerprint density at radius 3 is 2.55 bits per heavy atom. The minimum Gasteiger partial charge on any atom is -0.392 e. The van der Waals surface area contributed by atoms with Crippen molar-refractivity contribution in [3.05, 3.63) is 64.2 Å². The van der Waals surface area contributed by atoms with Gasteiger partial charge in [0.25, 0.3) is 0 Å². The van der Waals surface area contributed by atoms with E-state index < -0.39 is 0 Å². The Labute approximate surface area is 115 Å². The molecular weight excluding hydrogens is 254 g/mol. The number of hydrogen-bond acceptors (Lipinski definition) is 3. The van der Waals surface area contributed by atoms with Crippen molar-refractivity contribution in [3.63, 3.8) is 0 Å². The van der Waals surface area contributed by atoms with Gasteiger partial charge in [0.2, 0.25) is 0 Å². The van der Waals surface area contributed by atoms with Crippen LogP contribution in [0.5, 0.6) is 0 Å². The lowest BCUT2D eigenvalue weighted by Gasteiger charge is -2.04. The molecule has 0 saturated carbocycles. The Kier molecular flexibility index (Phi) is 3.12. The van der Waals surface area contributed by atoms with Crippen LogP contribution in [0.15, 0.2) is 47.4 Å². The first-order chi connectivity index (χ1) is 9.70. The van der Waals surface area contributed by atoms with Gasteiger partial charge in [0.05, 0.1) is 18.7 Å². The number of aliphatic hydroxyl groups excluding tert-OH is 1. The van der Waals surface area contributed by atoms with E-state index in [0.29, 0.717) is 12.2 Å². The fraction of sp³-hybridized carbons (Fsp3) is 0.200. The standard InChI is InChI=1S/C15H15N3O2/c1-17-14-13(3-2-8-16-14)18(15(17)20)9-11-4-6-12(10-19)7-5-11/h2-8,19H,9-10H2,1H3. The molecule has 0 aliphatic rings. The lowest BCUT2D eigenvalue weighted by molar-refractivity contribution is 0.282. The molecule has 0 fully saturated rings. The van der Waals surface area contributed by atoms with E-state index in [9.17, 15) is 4.79 Å². The first-order valence-corrected chi connectivity index (χ1v) is 6.39. The molecule has 0 unspecified atom stereocenters. The van der Waals surface area contributed by atoms with Gasteiger partial charge in [-0.3, -0.25) is 9.13 Å². The summed E-state index contributed by atoms with van der Waals surface area (Å²) >= 11 is 0. The third-order valence-corrected chi connectivity index (χ3v) is 3.44. The van der Waals surface area contributed by atoms with Crippen LogP contribution in [0.1, 0.15) is 11.1 Å². The molecule has 3 aromatic rings. The molecule has 2 aromatic heterocycles. The number of imidazole rings is 1. The van der Waals surface area contributed by atoms with E-state index >= 15 is 0 Å². The summed E-state index contributed by atoms with van der Waals surface area (Å²) < 4.78 is 3.26. The van der Waals surface area contributed by atoms with Gasteiger partial charge in [0, 0.05) is 13.2 Å². The zero-order valence-corrected chi connectivity index (χ0v) is 11.2. The number of fused-ring (bicyclic) bond motifs is 1. The zero-order chi connectivity index (χ0) is 14.1. The largest absolute Gasteiger partial charge is 0.392 e. The van der Waals surface area contributed by atoms with E-state index in [0.717, 1.165) is 16.6 Å². The number of pyridine rings is 1. The fourth-order valence-corrected chi connectivity index (χ4v) is 2.32. The highest BCUT2D eigenvalue weighted by Crippen LogP contribution is 2.12. The van der Waals surface area contributed by atoms with Crippen LogP contribution in [0.3, 0.4) is 0 Å². The van der Waals surface area contributed by atoms with Gasteiger partial charge in [-0.15, -0.1) is 0 Å². The molecule has 20 heavy (non-hydrogen) atoms. The average Bonchev–Trinajstić information content (AvgIpc) is 2.74. The monoisotopic (exact) mass is 269 g/mol. The number of aromatic nitrogens is 3. The Morgan fingerprint density at radius 2 is 1.85 bits per heavy atom. The third-order valence-electron chi connectivity index (χ3n) is 3.44. The first-order valence-electron chi connectivity index (χ1n) is 6.39. The van der Waals surface area contributed by atoms with Crippen molar-refractivity contribution in [1.29, 1.82) is 0 Å². The smallest absolute Gasteiger partial charge is 0.330 e. The van der Waals surface area contributed by atoms with Gasteiger partial charge in [0.1, 0.15) is 0 Å². The third kappa shape index (κ3) is 2.02. The van der Waals surface area contributed by atoms with Gasteiger partial charge in [-0.1, -0.05) is 24.3 Å². The number of benzene rings is 1. The van der Waals surface area contributed by atoms with Crippen molar-refractivity contribution < 1.29 is 5.11 Å². The second-order valence-electron chi connectivity index (χ2n) is 4.75. The summed E-state index contributed by atoms with van der Waals surface area (Å²) in [4.78, 5) is 16.5. The number of aliphatic hydroxyl groups is 1. The minimum absolute atomic E-state index is 0.0262. The van der Waals surface area contributed by atoms with E-state index in [1.807, 2.05) is 36.4 Å². The Morgan fingerprint density at radius 1 is 1.15 bits per heavy atom. The maximum atomic E-state index is 12.3. The van der Waals surface area contributed by atoms with Crippen molar-refractivity contribution >= 4 is 11.2 Å². The molecule has 0 atom stereocenters. The van der Waals surface area contributed by atoms with E-state index in [1.54, 1.807) is 22.4 Å². The van der Waals surface area contributed by atoms with Crippen LogP contribution in [0, 0.1) is 0 Å². The summed E-state index contributed by atoms with van der Waals surface area (Å²) in [5, 5.41) is 9.04. The van der Waals surface area contributed by atoms with Crippen LogP contribution in [0.4, 0.5) is 0 Å². The van der Waals surface area contributed by atoms with Crippen molar-refractivity contribution in [3.8, 4) is 0 Å². The Hall–Kier alpha value is -2.40. The minimum atomic E-state index is -0.0788. The van der Waals surface area contributed by atoms with Crippen molar-refractivity contribution in [2.24, 2.45) is 7.05 Å². The van der Waals surface area contributed by atoms with Crippen LogP contribution in [0.25, 0.3) is 11.2 Å². The van der Waals surface area contributed by atoms with Crippen LogP contribution < -0.4 is 5.69 Å². The second kappa shape index (κ2) is 4.94. The summed E-state index contributed by atoms with van der Waals surface area (Å²) in [5.74, 6) is 0. The number of aryl methyl sites for hydroxylation is 1. The SMILES string of the molecule is Cn1c(=O)n(Cc2ccc(CO)cc2)c2cccnc21. The topological polar surface area (TPSA) is 60.0 Å². The summed E-state index contributed by atoms with van der Waals surface area (Å²) in [6, 6.07) is 11.3. The Bertz CT molecular complexity index is 800. The van der Waals surface area contributed by atoms with Gasteiger partial charge in [-0.05, 0) is 23.3 Å². The molecule has 1 N–H and O–H groups in total. The van der Waals surface area contributed by atoms with Crippen molar-refractivity contribution in [2.75, 3.05) is 0 Å².